The number of carbonyl (C=O) groups excluding carboxylic acids is 1. The zero-order valence-electron chi connectivity index (χ0n) is 13.3. The van der Waals surface area contributed by atoms with Gasteiger partial charge in [-0.15, -0.1) is 0 Å². The van der Waals surface area contributed by atoms with Crippen LogP contribution in [-0.2, 0) is 17.8 Å². The van der Waals surface area contributed by atoms with Crippen molar-refractivity contribution in [2.75, 3.05) is 13.7 Å². The van der Waals surface area contributed by atoms with E-state index in [1.54, 1.807) is 7.11 Å². The number of benzene rings is 2. The fourth-order valence-corrected chi connectivity index (χ4v) is 2.15. The summed E-state index contributed by atoms with van der Waals surface area (Å²) in [6.45, 7) is 2.36. The van der Waals surface area contributed by atoms with Crippen molar-refractivity contribution in [2.24, 2.45) is 0 Å². The average Bonchev–Trinajstić information content (AvgIpc) is 2.59. The molecule has 2 aromatic rings. The van der Waals surface area contributed by atoms with E-state index in [4.69, 9.17) is 9.47 Å². The van der Waals surface area contributed by atoms with E-state index in [9.17, 15) is 9.18 Å². The lowest BCUT2D eigenvalue weighted by atomic mass is 10.1. The number of ether oxygens (including phenoxy) is 2. The summed E-state index contributed by atoms with van der Waals surface area (Å²) >= 11 is 0. The molecule has 122 valence electrons. The molecule has 0 aliphatic rings. The number of nitrogens with one attached hydrogen (secondary N) is 1. The Labute approximate surface area is 135 Å². The molecular formula is C18H20FNO3. The van der Waals surface area contributed by atoms with Crippen LogP contribution in [0.2, 0.25) is 0 Å². The molecule has 0 aliphatic carbocycles. The van der Waals surface area contributed by atoms with Gasteiger partial charge < -0.3 is 14.8 Å². The molecule has 0 aliphatic heterocycles. The Morgan fingerprint density at radius 1 is 1.17 bits per heavy atom. The number of aryl methyl sites for hydroxylation is 1. The highest BCUT2D eigenvalue weighted by Crippen LogP contribution is 2.20. The van der Waals surface area contributed by atoms with E-state index < -0.39 is 0 Å². The highest BCUT2D eigenvalue weighted by molar-refractivity contribution is 5.77. The van der Waals surface area contributed by atoms with Gasteiger partial charge in [-0.1, -0.05) is 19.1 Å². The molecule has 0 unspecified atom stereocenters. The summed E-state index contributed by atoms with van der Waals surface area (Å²) in [7, 11) is 1.64. The van der Waals surface area contributed by atoms with Gasteiger partial charge in [-0.3, -0.25) is 4.79 Å². The molecule has 23 heavy (non-hydrogen) atoms. The monoisotopic (exact) mass is 317 g/mol. The fraction of sp³-hybridized carbons (Fsp3) is 0.278. The van der Waals surface area contributed by atoms with Crippen LogP contribution in [0.15, 0.2) is 42.5 Å². The highest BCUT2D eigenvalue weighted by atomic mass is 19.1. The average molecular weight is 317 g/mol. The molecule has 0 aromatic heterocycles. The van der Waals surface area contributed by atoms with Crippen LogP contribution in [0.5, 0.6) is 11.5 Å². The van der Waals surface area contributed by atoms with E-state index in [0.29, 0.717) is 12.3 Å². The predicted octanol–water partition coefficient (Wildman–Crippen LogP) is 3.09. The number of halogens is 1. The van der Waals surface area contributed by atoms with Crippen molar-refractivity contribution < 1.29 is 18.7 Å². The molecule has 1 N–H and O–H groups in total. The summed E-state index contributed by atoms with van der Waals surface area (Å²) < 4.78 is 23.3. The second kappa shape index (κ2) is 8.17. The first-order chi connectivity index (χ1) is 11.1. The van der Waals surface area contributed by atoms with Gasteiger partial charge in [0.05, 0.1) is 7.11 Å². The van der Waals surface area contributed by atoms with Crippen molar-refractivity contribution in [3.8, 4) is 11.5 Å². The molecule has 0 fully saturated rings. The maximum Gasteiger partial charge on any atom is 0.258 e. The van der Waals surface area contributed by atoms with Gasteiger partial charge in [0.1, 0.15) is 17.3 Å². The van der Waals surface area contributed by atoms with Crippen LogP contribution in [0.25, 0.3) is 0 Å². The minimum atomic E-state index is -0.340. The van der Waals surface area contributed by atoms with Crippen molar-refractivity contribution in [1.82, 2.24) is 5.32 Å². The third kappa shape index (κ3) is 4.98. The summed E-state index contributed by atoms with van der Waals surface area (Å²) in [4.78, 5) is 11.8. The first-order valence-electron chi connectivity index (χ1n) is 7.43. The van der Waals surface area contributed by atoms with Gasteiger partial charge in [-0.25, -0.2) is 4.39 Å². The summed E-state index contributed by atoms with van der Waals surface area (Å²) in [6, 6.07) is 11.4. The Morgan fingerprint density at radius 2 is 1.91 bits per heavy atom. The molecule has 0 saturated carbocycles. The van der Waals surface area contributed by atoms with E-state index in [1.807, 2.05) is 18.2 Å². The molecule has 4 nitrogen and oxygen atoms in total. The maximum absolute atomic E-state index is 12.8. The summed E-state index contributed by atoms with van der Waals surface area (Å²) in [6.07, 6.45) is 0.860. The molecule has 2 aromatic carbocycles. The van der Waals surface area contributed by atoms with Gasteiger partial charge in [-0.2, -0.15) is 0 Å². The standard InChI is InChI=1S/C18H20FNO3/c1-3-14-10-13(4-9-17(14)22-2)11-20-18(21)12-23-16-7-5-15(19)6-8-16/h4-10H,3,11-12H2,1-2H3,(H,20,21). The fourth-order valence-electron chi connectivity index (χ4n) is 2.15. The van der Waals surface area contributed by atoms with Crippen LogP contribution in [0.1, 0.15) is 18.1 Å². The molecular weight excluding hydrogens is 297 g/mol. The van der Waals surface area contributed by atoms with E-state index in [0.717, 1.165) is 23.3 Å². The number of hydrogen-bond acceptors (Lipinski definition) is 3. The van der Waals surface area contributed by atoms with Gasteiger partial charge in [0, 0.05) is 6.54 Å². The van der Waals surface area contributed by atoms with Gasteiger partial charge in [0.2, 0.25) is 0 Å². The van der Waals surface area contributed by atoms with Crippen LogP contribution in [0.3, 0.4) is 0 Å². The largest absolute Gasteiger partial charge is 0.496 e. The molecule has 0 heterocycles. The third-order valence-corrected chi connectivity index (χ3v) is 3.40. The zero-order chi connectivity index (χ0) is 16.7. The lowest BCUT2D eigenvalue weighted by Gasteiger charge is -2.11. The van der Waals surface area contributed by atoms with Gasteiger partial charge in [0.15, 0.2) is 6.61 Å². The van der Waals surface area contributed by atoms with E-state index in [1.165, 1.54) is 24.3 Å². The van der Waals surface area contributed by atoms with Crippen LogP contribution in [0.4, 0.5) is 4.39 Å². The summed E-state index contributed by atoms with van der Waals surface area (Å²) in [5.41, 5.74) is 2.10. The quantitative estimate of drug-likeness (QED) is 0.853. The Bertz CT molecular complexity index is 656. The smallest absolute Gasteiger partial charge is 0.258 e. The Hall–Kier alpha value is -2.56. The third-order valence-electron chi connectivity index (χ3n) is 3.40. The Kier molecular flexibility index (Phi) is 5.97. The van der Waals surface area contributed by atoms with Crippen molar-refractivity contribution in [3.63, 3.8) is 0 Å². The summed E-state index contributed by atoms with van der Waals surface area (Å²) in [5.74, 6) is 0.734. The normalized spacial score (nSPS) is 10.2. The van der Waals surface area contributed by atoms with E-state index >= 15 is 0 Å². The van der Waals surface area contributed by atoms with Crippen molar-refractivity contribution in [2.45, 2.75) is 19.9 Å². The molecule has 0 atom stereocenters. The SMILES string of the molecule is CCc1cc(CNC(=O)COc2ccc(F)cc2)ccc1OC. The number of methoxy groups -OCH3 is 1. The minimum absolute atomic E-state index is 0.109. The minimum Gasteiger partial charge on any atom is -0.496 e. The molecule has 0 saturated heterocycles. The summed E-state index contributed by atoms with van der Waals surface area (Å²) in [5, 5.41) is 2.79. The lowest BCUT2D eigenvalue weighted by Crippen LogP contribution is -2.28. The predicted molar refractivity (Wildman–Crippen MR) is 86.1 cm³/mol. The van der Waals surface area contributed by atoms with Gasteiger partial charge in [-0.05, 0) is 47.9 Å². The zero-order valence-corrected chi connectivity index (χ0v) is 13.3. The molecule has 2 rings (SSSR count). The second-order valence-electron chi connectivity index (χ2n) is 5.02. The highest BCUT2D eigenvalue weighted by Gasteiger charge is 2.06. The van der Waals surface area contributed by atoms with Crippen molar-refractivity contribution in [3.05, 3.63) is 59.4 Å². The Morgan fingerprint density at radius 3 is 2.57 bits per heavy atom. The van der Waals surface area contributed by atoms with Gasteiger partial charge in [0.25, 0.3) is 5.91 Å². The topological polar surface area (TPSA) is 47.6 Å². The first-order valence-corrected chi connectivity index (χ1v) is 7.43. The van der Waals surface area contributed by atoms with Crippen molar-refractivity contribution in [1.29, 1.82) is 0 Å². The molecule has 0 radical (unpaired) electrons. The van der Waals surface area contributed by atoms with Crippen LogP contribution in [0, 0.1) is 5.82 Å². The number of amides is 1. The second-order valence-corrected chi connectivity index (χ2v) is 5.02. The molecule has 1 amide bonds. The molecule has 5 heteroatoms. The number of hydrogen-bond donors (Lipinski definition) is 1. The van der Waals surface area contributed by atoms with Crippen LogP contribution < -0.4 is 14.8 Å². The maximum atomic E-state index is 12.8. The van der Waals surface area contributed by atoms with Crippen molar-refractivity contribution >= 4 is 5.91 Å². The Balaban J connectivity index is 1.83. The lowest BCUT2D eigenvalue weighted by molar-refractivity contribution is -0.123. The molecule has 0 bridgehead atoms. The molecule has 0 spiro atoms. The number of carbonyl (C=O) groups is 1. The van der Waals surface area contributed by atoms with Crippen LogP contribution >= 0.6 is 0 Å². The number of rotatable bonds is 7. The van der Waals surface area contributed by atoms with E-state index in [-0.39, 0.29) is 18.3 Å². The van der Waals surface area contributed by atoms with Gasteiger partial charge >= 0.3 is 0 Å². The van der Waals surface area contributed by atoms with E-state index in [2.05, 4.69) is 12.2 Å². The van der Waals surface area contributed by atoms with Crippen LogP contribution in [-0.4, -0.2) is 19.6 Å². The first kappa shape index (κ1) is 16.8.